The van der Waals surface area contributed by atoms with E-state index in [0.29, 0.717) is 12.7 Å². The minimum Gasteiger partial charge on any atom is -0.453 e. The second kappa shape index (κ2) is 4.50. The first-order valence-electron chi connectivity index (χ1n) is 6.06. The summed E-state index contributed by atoms with van der Waals surface area (Å²) in [7, 11) is 0. The highest BCUT2D eigenvalue weighted by atomic mass is 79.9. The second-order valence-corrected chi connectivity index (χ2v) is 5.54. The van der Waals surface area contributed by atoms with Gasteiger partial charge in [-0.3, -0.25) is 0 Å². The van der Waals surface area contributed by atoms with Gasteiger partial charge in [0.15, 0.2) is 11.5 Å². The van der Waals surface area contributed by atoms with E-state index in [1.807, 2.05) is 0 Å². The Hall–Kier alpha value is -0.740. The molecule has 1 saturated heterocycles. The van der Waals surface area contributed by atoms with Gasteiger partial charge in [0.2, 0.25) is 6.79 Å². The number of piperidine rings is 1. The summed E-state index contributed by atoms with van der Waals surface area (Å²) in [6, 6.07) is 2.19. The molecule has 0 bridgehead atoms. The number of nitrogens with one attached hydrogen (secondary N) is 1. The largest absolute Gasteiger partial charge is 0.453 e. The highest BCUT2D eigenvalue weighted by Gasteiger charge is 2.26. The van der Waals surface area contributed by atoms with Gasteiger partial charge in [-0.05, 0) is 65.4 Å². The predicted octanol–water partition coefficient (Wildman–Crippen LogP) is 2.95. The molecule has 0 saturated carbocycles. The number of fused-ring (bicyclic) bond motifs is 1. The van der Waals surface area contributed by atoms with Gasteiger partial charge < -0.3 is 14.8 Å². The highest BCUT2D eigenvalue weighted by molar-refractivity contribution is 9.10. The number of halogens is 1. The van der Waals surface area contributed by atoms with E-state index >= 15 is 0 Å². The molecule has 17 heavy (non-hydrogen) atoms. The SMILES string of the molecule is Cc1c(C2CCCNC2)cc(Br)c2c1OCO2. The molecule has 0 aliphatic carbocycles. The average molecular weight is 298 g/mol. The van der Waals surface area contributed by atoms with E-state index < -0.39 is 0 Å². The fraction of sp³-hybridized carbons (Fsp3) is 0.538. The quantitative estimate of drug-likeness (QED) is 0.864. The van der Waals surface area contributed by atoms with Gasteiger partial charge >= 0.3 is 0 Å². The maximum Gasteiger partial charge on any atom is 0.231 e. The van der Waals surface area contributed by atoms with E-state index in [0.717, 1.165) is 29.1 Å². The lowest BCUT2D eigenvalue weighted by Crippen LogP contribution is -2.28. The summed E-state index contributed by atoms with van der Waals surface area (Å²) in [5, 5.41) is 3.46. The van der Waals surface area contributed by atoms with Crippen LogP contribution in [0.3, 0.4) is 0 Å². The van der Waals surface area contributed by atoms with Crippen LogP contribution in [-0.2, 0) is 0 Å². The van der Waals surface area contributed by atoms with Crippen LogP contribution in [0.15, 0.2) is 10.5 Å². The number of ether oxygens (including phenoxy) is 2. The fourth-order valence-corrected chi connectivity index (χ4v) is 3.26. The molecular weight excluding hydrogens is 282 g/mol. The Morgan fingerprint density at radius 1 is 1.35 bits per heavy atom. The van der Waals surface area contributed by atoms with Crippen molar-refractivity contribution in [2.75, 3.05) is 19.9 Å². The molecule has 0 amide bonds. The molecule has 2 aliphatic rings. The first-order valence-corrected chi connectivity index (χ1v) is 6.86. The number of rotatable bonds is 1. The third-order valence-electron chi connectivity index (χ3n) is 3.62. The molecule has 0 spiro atoms. The molecule has 4 heteroatoms. The van der Waals surface area contributed by atoms with Crippen LogP contribution in [0.1, 0.15) is 29.9 Å². The monoisotopic (exact) mass is 297 g/mol. The van der Waals surface area contributed by atoms with E-state index in [2.05, 4.69) is 34.2 Å². The van der Waals surface area contributed by atoms with Crippen molar-refractivity contribution in [3.63, 3.8) is 0 Å². The van der Waals surface area contributed by atoms with Crippen LogP contribution in [0.5, 0.6) is 11.5 Å². The van der Waals surface area contributed by atoms with Crippen molar-refractivity contribution in [3.05, 3.63) is 21.7 Å². The summed E-state index contributed by atoms with van der Waals surface area (Å²) in [5.74, 6) is 2.37. The van der Waals surface area contributed by atoms with Gasteiger partial charge in [-0.15, -0.1) is 0 Å². The summed E-state index contributed by atoms with van der Waals surface area (Å²) >= 11 is 3.57. The lowest BCUT2D eigenvalue weighted by atomic mass is 9.88. The van der Waals surface area contributed by atoms with Crippen LogP contribution in [0.4, 0.5) is 0 Å². The van der Waals surface area contributed by atoms with Crippen LogP contribution < -0.4 is 14.8 Å². The number of hydrogen-bond donors (Lipinski definition) is 1. The standard InChI is InChI=1S/C13H16BrNO2/c1-8-10(9-3-2-4-15-6-9)5-11(14)13-12(8)16-7-17-13/h5,9,15H,2-4,6-7H2,1H3. The summed E-state index contributed by atoms with van der Waals surface area (Å²) in [6.07, 6.45) is 2.50. The summed E-state index contributed by atoms with van der Waals surface area (Å²) in [6.45, 7) is 4.67. The van der Waals surface area contributed by atoms with Crippen LogP contribution in [0.2, 0.25) is 0 Å². The zero-order valence-electron chi connectivity index (χ0n) is 9.88. The van der Waals surface area contributed by atoms with Crippen LogP contribution >= 0.6 is 15.9 Å². The van der Waals surface area contributed by atoms with Crippen molar-refractivity contribution in [2.24, 2.45) is 0 Å². The minimum absolute atomic E-state index is 0.334. The van der Waals surface area contributed by atoms with E-state index in [1.165, 1.54) is 24.0 Å². The lowest BCUT2D eigenvalue weighted by Gasteiger charge is -2.25. The smallest absolute Gasteiger partial charge is 0.231 e. The topological polar surface area (TPSA) is 30.5 Å². The van der Waals surface area contributed by atoms with Crippen LogP contribution in [0.25, 0.3) is 0 Å². The molecule has 0 aromatic heterocycles. The molecule has 92 valence electrons. The molecule has 3 rings (SSSR count). The Morgan fingerprint density at radius 3 is 2.94 bits per heavy atom. The van der Waals surface area contributed by atoms with Gasteiger partial charge in [-0.1, -0.05) is 0 Å². The lowest BCUT2D eigenvalue weighted by molar-refractivity contribution is 0.173. The zero-order valence-corrected chi connectivity index (χ0v) is 11.5. The van der Waals surface area contributed by atoms with Gasteiger partial charge in [0, 0.05) is 6.54 Å². The van der Waals surface area contributed by atoms with E-state index in [9.17, 15) is 0 Å². The molecular formula is C13H16BrNO2. The molecule has 1 N–H and O–H groups in total. The van der Waals surface area contributed by atoms with E-state index in [-0.39, 0.29) is 0 Å². The van der Waals surface area contributed by atoms with E-state index in [4.69, 9.17) is 9.47 Å². The normalized spacial score (nSPS) is 22.8. The molecule has 2 heterocycles. The van der Waals surface area contributed by atoms with E-state index in [1.54, 1.807) is 0 Å². The van der Waals surface area contributed by atoms with Gasteiger partial charge in [0.05, 0.1) is 4.47 Å². The van der Waals surface area contributed by atoms with Crippen molar-refractivity contribution in [3.8, 4) is 11.5 Å². The van der Waals surface area contributed by atoms with Crippen LogP contribution in [-0.4, -0.2) is 19.9 Å². The van der Waals surface area contributed by atoms with Gasteiger partial charge in [0.1, 0.15) is 0 Å². The first kappa shape index (κ1) is 11.4. The number of benzene rings is 1. The molecule has 1 aromatic rings. The molecule has 2 aliphatic heterocycles. The van der Waals surface area contributed by atoms with Crippen molar-refractivity contribution in [1.82, 2.24) is 5.32 Å². The fourth-order valence-electron chi connectivity index (χ4n) is 2.72. The Bertz CT molecular complexity index is 442. The molecule has 1 atom stereocenters. The third kappa shape index (κ3) is 1.93. The Kier molecular flexibility index (Phi) is 3.01. The summed E-state index contributed by atoms with van der Waals surface area (Å²) in [5.41, 5.74) is 2.61. The Labute approximate surface area is 110 Å². The third-order valence-corrected chi connectivity index (χ3v) is 4.21. The maximum atomic E-state index is 5.57. The highest BCUT2D eigenvalue weighted by Crippen LogP contribution is 2.45. The van der Waals surface area contributed by atoms with Crippen molar-refractivity contribution in [2.45, 2.75) is 25.7 Å². The van der Waals surface area contributed by atoms with Gasteiger partial charge in [0.25, 0.3) is 0 Å². The minimum atomic E-state index is 0.334. The Balaban J connectivity index is 2.02. The molecule has 1 aromatic carbocycles. The first-order chi connectivity index (χ1) is 8.27. The van der Waals surface area contributed by atoms with Crippen LogP contribution in [0, 0.1) is 6.92 Å². The second-order valence-electron chi connectivity index (χ2n) is 4.68. The van der Waals surface area contributed by atoms with Crippen molar-refractivity contribution in [1.29, 1.82) is 0 Å². The molecule has 1 unspecified atom stereocenters. The summed E-state index contributed by atoms with van der Waals surface area (Å²) in [4.78, 5) is 0. The van der Waals surface area contributed by atoms with Crippen molar-refractivity contribution < 1.29 is 9.47 Å². The molecule has 0 radical (unpaired) electrons. The summed E-state index contributed by atoms with van der Waals surface area (Å²) < 4.78 is 12.0. The maximum absolute atomic E-state index is 5.57. The molecule has 3 nitrogen and oxygen atoms in total. The molecule has 1 fully saturated rings. The van der Waals surface area contributed by atoms with Gasteiger partial charge in [-0.25, -0.2) is 0 Å². The number of hydrogen-bond acceptors (Lipinski definition) is 3. The predicted molar refractivity (Wildman–Crippen MR) is 69.8 cm³/mol. The van der Waals surface area contributed by atoms with Crippen molar-refractivity contribution >= 4 is 15.9 Å². The zero-order chi connectivity index (χ0) is 11.8. The van der Waals surface area contributed by atoms with Gasteiger partial charge in [-0.2, -0.15) is 0 Å². The average Bonchev–Trinajstić information content (AvgIpc) is 2.85. The Morgan fingerprint density at radius 2 is 2.18 bits per heavy atom.